The third kappa shape index (κ3) is 4.90. The molecule has 1 aromatic heterocycles. The van der Waals surface area contributed by atoms with Crippen LogP contribution >= 0.6 is 0 Å². The lowest BCUT2D eigenvalue weighted by Crippen LogP contribution is -2.41. The number of carbonyl (C=O) groups excluding carboxylic acids is 1. The fourth-order valence-corrected chi connectivity index (χ4v) is 3.15. The number of benzene rings is 1. The average Bonchev–Trinajstić information content (AvgIpc) is 3.07. The van der Waals surface area contributed by atoms with Gasteiger partial charge in [0.1, 0.15) is 0 Å². The molecule has 126 valence electrons. The van der Waals surface area contributed by atoms with Gasteiger partial charge in [-0.15, -0.1) is 0 Å². The summed E-state index contributed by atoms with van der Waals surface area (Å²) in [5.74, 6) is 0.104. The van der Waals surface area contributed by atoms with Crippen LogP contribution in [-0.4, -0.2) is 23.0 Å². The first-order valence-corrected chi connectivity index (χ1v) is 8.65. The van der Waals surface area contributed by atoms with Crippen LogP contribution in [0.2, 0.25) is 0 Å². The molecule has 0 spiro atoms. The van der Waals surface area contributed by atoms with Crippen molar-refractivity contribution in [3.05, 3.63) is 66.0 Å². The Kier molecular flexibility index (Phi) is 5.96. The van der Waals surface area contributed by atoms with E-state index in [2.05, 4.69) is 22.4 Å². The zero-order chi connectivity index (χ0) is 16.6. The maximum absolute atomic E-state index is 12.2. The molecule has 1 saturated carbocycles. The predicted octanol–water partition coefficient (Wildman–Crippen LogP) is 3.27. The summed E-state index contributed by atoms with van der Waals surface area (Å²) >= 11 is 0. The maximum atomic E-state index is 12.2. The van der Waals surface area contributed by atoms with E-state index in [9.17, 15) is 4.79 Å². The second-order valence-electron chi connectivity index (χ2n) is 6.30. The Morgan fingerprint density at radius 2 is 1.88 bits per heavy atom. The number of amides is 1. The Balaban J connectivity index is 1.44. The Bertz CT molecular complexity index is 631. The minimum atomic E-state index is 0.104. The number of hydrogen-bond donors (Lipinski definition) is 1. The van der Waals surface area contributed by atoms with Gasteiger partial charge in [-0.2, -0.15) is 0 Å². The highest BCUT2D eigenvalue weighted by molar-refractivity contribution is 5.76. The molecule has 3 rings (SSSR count). The summed E-state index contributed by atoms with van der Waals surface area (Å²) in [4.78, 5) is 16.2. The van der Waals surface area contributed by atoms with Crippen molar-refractivity contribution in [2.45, 2.75) is 50.9 Å². The molecule has 2 aromatic rings. The number of aromatic nitrogens is 1. The maximum Gasteiger partial charge on any atom is 0.220 e. The van der Waals surface area contributed by atoms with Gasteiger partial charge < -0.3 is 10.1 Å². The molecule has 4 nitrogen and oxygen atoms in total. The third-order valence-corrected chi connectivity index (χ3v) is 4.50. The van der Waals surface area contributed by atoms with Crippen LogP contribution in [-0.2, 0) is 22.6 Å². The minimum absolute atomic E-state index is 0.104. The van der Waals surface area contributed by atoms with Crippen molar-refractivity contribution in [3.8, 4) is 0 Å². The molecule has 1 heterocycles. The Morgan fingerprint density at radius 3 is 2.67 bits per heavy atom. The van der Waals surface area contributed by atoms with Gasteiger partial charge in [0.15, 0.2) is 0 Å². The van der Waals surface area contributed by atoms with E-state index in [4.69, 9.17) is 4.74 Å². The lowest BCUT2D eigenvalue weighted by molar-refractivity contribution is -0.122. The third-order valence-electron chi connectivity index (χ3n) is 4.50. The van der Waals surface area contributed by atoms with Crippen LogP contribution in [0, 0.1) is 0 Å². The summed E-state index contributed by atoms with van der Waals surface area (Å²) in [6.07, 6.45) is 8.02. The summed E-state index contributed by atoms with van der Waals surface area (Å²) in [5, 5.41) is 3.16. The molecule has 1 aliphatic rings. The van der Waals surface area contributed by atoms with E-state index in [0.29, 0.717) is 13.0 Å². The van der Waals surface area contributed by atoms with Gasteiger partial charge in [-0.3, -0.25) is 9.78 Å². The van der Waals surface area contributed by atoms with Crippen molar-refractivity contribution >= 4 is 5.91 Å². The van der Waals surface area contributed by atoms with E-state index in [-0.39, 0.29) is 18.1 Å². The van der Waals surface area contributed by atoms with Gasteiger partial charge in [0, 0.05) is 18.8 Å². The van der Waals surface area contributed by atoms with E-state index < -0.39 is 0 Å². The van der Waals surface area contributed by atoms with Gasteiger partial charge in [-0.05, 0) is 48.9 Å². The second kappa shape index (κ2) is 8.60. The first kappa shape index (κ1) is 16.7. The molecular weight excluding hydrogens is 300 g/mol. The number of hydrogen-bond acceptors (Lipinski definition) is 3. The highest BCUT2D eigenvalue weighted by Crippen LogP contribution is 2.23. The van der Waals surface area contributed by atoms with Gasteiger partial charge in [0.25, 0.3) is 0 Å². The van der Waals surface area contributed by atoms with Crippen LogP contribution < -0.4 is 5.32 Å². The van der Waals surface area contributed by atoms with Gasteiger partial charge >= 0.3 is 0 Å². The number of nitrogens with one attached hydrogen (secondary N) is 1. The molecule has 0 radical (unpaired) electrons. The minimum Gasteiger partial charge on any atom is -0.371 e. The van der Waals surface area contributed by atoms with Crippen molar-refractivity contribution in [3.63, 3.8) is 0 Å². The van der Waals surface area contributed by atoms with E-state index in [1.54, 1.807) is 12.4 Å². The lowest BCUT2D eigenvalue weighted by Gasteiger charge is -2.21. The highest BCUT2D eigenvalue weighted by Gasteiger charge is 2.29. The summed E-state index contributed by atoms with van der Waals surface area (Å²) in [7, 11) is 0. The zero-order valence-electron chi connectivity index (χ0n) is 13.9. The molecular formula is C20H24N2O2. The molecule has 24 heavy (non-hydrogen) atoms. The second-order valence-corrected chi connectivity index (χ2v) is 6.30. The fraction of sp³-hybridized carbons (Fsp3) is 0.400. The number of rotatable bonds is 7. The van der Waals surface area contributed by atoms with Gasteiger partial charge in [0.2, 0.25) is 5.91 Å². The molecule has 1 N–H and O–H groups in total. The largest absolute Gasteiger partial charge is 0.371 e. The monoisotopic (exact) mass is 324 g/mol. The quantitative estimate of drug-likeness (QED) is 0.850. The van der Waals surface area contributed by atoms with Crippen LogP contribution in [0.1, 0.15) is 36.8 Å². The van der Waals surface area contributed by atoms with Crippen LogP contribution in [0.4, 0.5) is 0 Å². The van der Waals surface area contributed by atoms with Crippen molar-refractivity contribution in [1.82, 2.24) is 10.3 Å². The van der Waals surface area contributed by atoms with E-state index in [0.717, 1.165) is 31.2 Å². The first-order chi connectivity index (χ1) is 11.8. The predicted molar refractivity (Wildman–Crippen MR) is 93.4 cm³/mol. The molecule has 0 aliphatic heterocycles. The summed E-state index contributed by atoms with van der Waals surface area (Å²) < 4.78 is 6.04. The Labute approximate surface area is 143 Å². The Hall–Kier alpha value is -2.20. The molecule has 0 saturated heterocycles. The van der Waals surface area contributed by atoms with Crippen molar-refractivity contribution in [2.24, 2.45) is 0 Å². The van der Waals surface area contributed by atoms with Crippen molar-refractivity contribution in [2.75, 3.05) is 0 Å². The Morgan fingerprint density at radius 1 is 1.08 bits per heavy atom. The molecule has 1 aliphatic carbocycles. The molecule has 0 unspecified atom stereocenters. The number of aryl methyl sites for hydroxylation is 1. The topological polar surface area (TPSA) is 51.2 Å². The SMILES string of the molecule is O=C(CCc1ccncc1)N[C@@H]1CCC[C@H]1OCc1ccccc1. The van der Waals surface area contributed by atoms with E-state index in [1.165, 1.54) is 5.56 Å². The van der Waals surface area contributed by atoms with E-state index in [1.807, 2.05) is 30.3 Å². The highest BCUT2D eigenvalue weighted by atomic mass is 16.5. The smallest absolute Gasteiger partial charge is 0.220 e. The van der Waals surface area contributed by atoms with Gasteiger partial charge in [-0.25, -0.2) is 0 Å². The number of nitrogens with zero attached hydrogens (tertiary/aromatic N) is 1. The average molecular weight is 324 g/mol. The van der Waals surface area contributed by atoms with Crippen LogP contribution in [0.5, 0.6) is 0 Å². The van der Waals surface area contributed by atoms with Gasteiger partial charge in [0.05, 0.1) is 18.8 Å². The normalized spacial score (nSPS) is 20.0. The van der Waals surface area contributed by atoms with Gasteiger partial charge in [-0.1, -0.05) is 30.3 Å². The molecule has 2 atom stereocenters. The van der Waals surface area contributed by atoms with Crippen LogP contribution in [0.25, 0.3) is 0 Å². The molecule has 4 heteroatoms. The van der Waals surface area contributed by atoms with Crippen LogP contribution in [0.15, 0.2) is 54.9 Å². The number of carbonyl (C=O) groups is 1. The summed E-state index contributed by atoms with van der Waals surface area (Å²) in [5.41, 5.74) is 2.32. The lowest BCUT2D eigenvalue weighted by atomic mass is 10.1. The van der Waals surface area contributed by atoms with Crippen molar-refractivity contribution < 1.29 is 9.53 Å². The molecule has 1 fully saturated rings. The summed E-state index contributed by atoms with van der Waals surface area (Å²) in [6, 6.07) is 14.2. The standard InChI is InChI=1S/C20H24N2O2/c23-20(10-9-16-11-13-21-14-12-16)22-18-7-4-8-19(18)24-15-17-5-2-1-3-6-17/h1-3,5-6,11-14,18-19H,4,7-10,15H2,(H,22,23)/t18-,19-/m1/s1. The molecule has 1 amide bonds. The van der Waals surface area contributed by atoms with Crippen molar-refractivity contribution in [1.29, 1.82) is 0 Å². The summed E-state index contributed by atoms with van der Waals surface area (Å²) in [6.45, 7) is 0.606. The van der Waals surface area contributed by atoms with E-state index >= 15 is 0 Å². The zero-order valence-corrected chi connectivity index (χ0v) is 13.9. The molecule has 1 aromatic carbocycles. The molecule has 0 bridgehead atoms. The van der Waals surface area contributed by atoms with Crippen LogP contribution in [0.3, 0.4) is 0 Å². The fourth-order valence-electron chi connectivity index (χ4n) is 3.15. The number of ether oxygens (including phenoxy) is 1. The number of pyridine rings is 1. The first-order valence-electron chi connectivity index (χ1n) is 8.65.